The van der Waals surface area contributed by atoms with E-state index in [0.717, 1.165) is 0 Å². The number of benzene rings is 2. The first-order valence-electron chi connectivity index (χ1n) is 10.5. The lowest BCUT2D eigenvalue weighted by Crippen LogP contribution is -1.88. The van der Waals surface area contributed by atoms with Gasteiger partial charge in [0.25, 0.3) is 0 Å². The van der Waals surface area contributed by atoms with Crippen LogP contribution in [0.1, 0.15) is 83.1 Å². The summed E-state index contributed by atoms with van der Waals surface area (Å²) in [7, 11) is 0. The van der Waals surface area contributed by atoms with Crippen LogP contribution in [0.15, 0.2) is 54.6 Å². The van der Waals surface area contributed by atoms with Crippen molar-refractivity contribution < 1.29 is 0 Å². The second-order valence-corrected chi connectivity index (χ2v) is 7.27. The maximum atomic E-state index is 2.40. The molecular formula is C25H36. The molecule has 0 fully saturated rings. The van der Waals surface area contributed by atoms with Gasteiger partial charge >= 0.3 is 0 Å². The van der Waals surface area contributed by atoms with Crippen molar-refractivity contribution in [2.24, 2.45) is 0 Å². The Kier molecular flexibility index (Phi) is 10.1. The first kappa shape index (κ1) is 19.8. The van der Waals surface area contributed by atoms with Gasteiger partial charge in [-0.05, 0) is 54.9 Å². The minimum absolute atomic E-state index is 1.22. The predicted octanol–water partition coefficient (Wildman–Crippen LogP) is 8.25. The van der Waals surface area contributed by atoms with Crippen LogP contribution >= 0.6 is 0 Å². The number of hydrogen-bond acceptors (Lipinski definition) is 0. The van der Waals surface area contributed by atoms with E-state index in [9.17, 15) is 0 Å². The monoisotopic (exact) mass is 336 g/mol. The minimum Gasteiger partial charge on any atom is -0.0885 e. The van der Waals surface area contributed by atoms with E-state index in [1.807, 2.05) is 0 Å². The van der Waals surface area contributed by atoms with Crippen LogP contribution in [0, 0.1) is 0 Å². The molecule has 136 valence electrons. The molecule has 0 N–H and O–H groups in total. The molecule has 0 amide bonds. The summed E-state index contributed by atoms with van der Waals surface area (Å²) in [5, 5.41) is 2.82. The third-order valence-electron chi connectivity index (χ3n) is 5.09. The number of rotatable bonds is 13. The van der Waals surface area contributed by atoms with Gasteiger partial charge in [0.2, 0.25) is 0 Å². The van der Waals surface area contributed by atoms with Crippen molar-refractivity contribution in [1.82, 2.24) is 0 Å². The number of aryl methyl sites for hydroxylation is 1. The maximum absolute atomic E-state index is 2.40. The molecule has 0 aliphatic carbocycles. The smallest absolute Gasteiger partial charge is 0.0152 e. The molecule has 0 nitrogen and oxygen atoms in total. The standard InChI is InChI=1S/C25H36/c1-2-3-4-5-6-7-8-9-10-11-12-13-14-18-23-20-17-21-24-19-15-16-22-25(23)24/h6-7,15-17,19-22H,2-5,8-14,18H2,1H3/b7-6+. The SMILES string of the molecule is CCCCC/C=C/CCCCCCCCc1cccc2ccccc12. The van der Waals surface area contributed by atoms with E-state index in [2.05, 4.69) is 61.5 Å². The molecule has 0 bridgehead atoms. The highest BCUT2D eigenvalue weighted by Crippen LogP contribution is 2.20. The van der Waals surface area contributed by atoms with E-state index in [1.54, 1.807) is 0 Å². The number of hydrogen-bond donors (Lipinski definition) is 0. The van der Waals surface area contributed by atoms with Crippen LogP contribution in [0.25, 0.3) is 10.8 Å². The first-order valence-corrected chi connectivity index (χ1v) is 10.5. The Morgan fingerprint density at radius 1 is 0.640 bits per heavy atom. The Hall–Kier alpha value is -1.56. The average molecular weight is 337 g/mol. The van der Waals surface area contributed by atoms with Gasteiger partial charge in [0.05, 0.1) is 0 Å². The van der Waals surface area contributed by atoms with Crippen molar-refractivity contribution in [2.75, 3.05) is 0 Å². The summed E-state index contributed by atoms with van der Waals surface area (Å²) >= 11 is 0. The van der Waals surface area contributed by atoms with E-state index in [1.165, 1.54) is 93.4 Å². The molecule has 2 aromatic carbocycles. The zero-order valence-corrected chi connectivity index (χ0v) is 16.2. The van der Waals surface area contributed by atoms with E-state index in [4.69, 9.17) is 0 Å². The summed E-state index contributed by atoms with van der Waals surface area (Å²) < 4.78 is 0. The summed E-state index contributed by atoms with van der Waals surface area (Å²) in [5.74, 6) is 0. The molecule has 2 rings (SSSR count). The lowest BCUT2D eigenvalue weighted by molar-refractivity contribution is 0.597. The van der Waals surface area contributed by atoms with Crippen molar-refractivity contribution >= 4 is 10.8 Å². The quantitative estimate of drug-likeness (QED) is 0.255. The lowest BCUT2D eigenvalue weighted by atomic mass is 9.99. The molecule has 2 aromatic rings. The third kappa shape index (κ3) is 7.90. The molecule has 0 radical (unpaired) electrons. The van der Waals surface area contributed by atoms with E-state index in [0.29, 0.717) is 0 Å². The highest BCUT2D eigenvalue weighted by atomic mass is 14.0. The highest BCUT2D eigenvalue weighted by molar-refractivity contribution is 5.85. The Balaban J connectivity index is 1.50. The number of allylic oxidation sites excluding steroid dienone is 2. The van der Waals surface area contributed by atoms with Crippen LogP contribution in [0.5, 0.6) is 0 Å². The van der Waals surface area contributed by atoms with Gasteiger partial charge in [0.1, 0.15) is 0 Å². The van der Waals surface area contributed by atoms with E-state index >= 15 is 0 Å². The molecule has 0 heterocycles. The van der Waals surface area contributed by atoms with Gasteiger partial charge in [-0.2, -0.15) is 0 Å². The first-order chi connectivity index (χ1) is 12.4. The summed E-state index contributed by atoms with van der Waals surface area (Å²) in [4.78, 5) is 0. The van der Waals surface area contributed by atoms with Gasteiger partial charge in [-0.3, -0.25) is 0 Å². The fourth-order valence-corrected chi connectivity index (χ4v) is 3.54. The fraction of sp³-hybridized carbons (Fsp3) is 0.520. The van der Waals surface area contributed by atoms with Crippen LogP contribution in [-0.4, -0.2) is 0 Å². The zero-order valence-electron chi connectivity index (χ0n) is 16.2. The van der Waals surface area contributed by atoms with Crippen LogP contribution in [-0.2, 0) is 6.42 Å². The molecule has 0 spiro atoms. The fourth-order valence-electron chi connectivity index (χ4n) is 3.54. The Labute approximate surface area is 155 Å². The molecule has 0 saturated carbocycles. The molecule has 0 atom stereocenters. The van der Waals surface area contributed by atoms with Gasteiger partial charge in [0, 0.05) is 0 Å². The third-order valence-corrected chi connectivity index (χ3v) is 5.09. The van der Waals surface area contributed by atoms with Gasteiger partial charge in [-0.15, -0.1) is 0 Å². The summed E-state index contributed by atoms with van der Waals surface area (Å²) in [6.45, 7) is 2.27. The Morgan fingerprint density at radius 2 is 1.28 bits per heavy atom. The van der Waals surface area contributed by atoms with E-state index in [-0.39, 0.29) is 0 Å². The van der Waals surface area contributed by atoms with E-state index < -0.39 is 0 Å². The number of unbranched alkanes of at least 4 members (excludes halogenated alkanes) is 9. The molecule has 0 aliphatic rings. The maximum Gasteiger partial charge on any atom is -0.0152 e. The largest absolute Gasteiger partial charge is 0.0885 e. The second kappa shape index (κ2) is 12.8. The van der Waals surface area contributed by atoms with Gasteiger partial charge in [0.15, 0.2) is 0 Å². The lowest BCUT2D eigenvalue weighted by Gasteiger charge is -2.06. The highest BCUT2D eigenvalue weighted by Gasteiger charge is 2.00. The molecular weight excluding hydrogens is 300 g/mol. The van der Waals surface area contributed by atoms with Crippen molar-refractivity contribution in [3.8, 4) is 0 Å². The predicted molar refractivity (Wildman–Crippen MR) is 113 cm³/mol. The van der Waals surface area contributed by atoms with Crippen LogP contribution in [0.4, 0.5) is 0 Å². The minimum atomic E-state index is 1.22. The second-order valence-electron chi connectivity index (χ2n) is 7.27. The molecule has 0 aliphatic heterocycles. The molecule has 0 aromatic heterocycles. The topological polar surface area (TPSA) is 0 Å². The summed E-state index contributed by atoms with van der Waals surface area (Å²) in [6.07, 6.45) is 20.9. The Bertz CT molecular complexity index is 603. The van der Waals surface area contributed by atoms with Crippen molar-refractivity contribution in [3.63, 3.8) is 0 Å². The van der Waals surface area contributed by atoms with Gasteiger partial charge in [-0.1, -0.05) is 100 Å². The van der Waals surface area contributed by atoms with Crippen LogP contribution in [0.3, 0.4) is 0 Å². The summed E-state index contributed by atoms with van der Waals surface area (Å²) in [6, 6.07) is 15.5. The Morgan fingerprint density at radius 3 is 2.08 bits per heavy atom. The van der Waals surface area contributed by atoms with Crippen molar-refractivity contribution in [3.05, 3.63) is 60.2 Å². The van der Waals surface area contributed by atoms with Crippen LogP contribution < -0.4 is 0 Å². The number of fused-ring (bicyclic) bond motifs is 1. The normalized spacial score (nSPS) is 11.6. The summed E-state index contributed by atoms with van der Waals surface area (Å²) in [5.41, 5.74) is 1.52. The van der Waals surface area contributed by atoms with Crippen molar-refractivity contribution in [1.29, 1.82) is 0 Å². The molecule has 25 heavy (non-hydrogen) atoms. The van der Waals surface area contributed by atoms with Crippen molar-refractivity contribution in [2.45, 2.75) is 84.0 Å². The average Bonchev–Trinajstić information content (AvgIpc) is 2.65. The molecule has 0 unspecified atom stereocenters. The molecule has 0 saturated heterocycles. The molecule has 0 heteroatoms. The van der Waals surface area contributed by atoms with Gasteiger partial charge < -0.3 is 0 Å². The van der Waals surface area contributed by atoms with Crippen LogP contribution in [0.2, 0.25) is 0 Å². The van der Waals surface area contributed by atoms with Gasteiger partial charge in [-0.25, -0.2) is 0 Å². The zero-order chi connectivity index (χ0) is 17.6.